The Morgan fingerprint density at radius 1 is 1.24 bits per heavy atom. The summed E-state index contributed by atoms with van der Waals surface area (Å²) in [5, 5.41) is 3.20. The fourth-order valence-electron chi connectivity index (χ4n) is 2.58. The summed E-state index contributed by atoms with van der Waals surface area (Å²) >= 11 is 0. The highest BCUT2D eigenvalue weighted by atomic mass is 19.4. The van der Waals surface area contributed by atoms with Crippen molar-refractivity contribution in [1.82, 2.24) is 10.2 Å². The second-order valence-electron chi connectivity index (χ2n) is 5.34. The van der Waals surface area contributed by atoms with Gasteiger partial charge in [0.15, 0.2) is 0 Å². The Morgan fingerprint density at radius 3 is 2.33 bits per heavy atom. The Balaban J connectivity index is 2.32. The van der Waals surface area contributed by atoms with Crippen LogP contribution in [-0.2, 0) is 6.18 Å². The molecule has 1 aliphatic heterocycles. The number of alkyl halides is 3. The fraction of sp³-hybridized carbons (Fsp3) is 0.500. The van der Waals surface area contributed by atoms with Gasteiger partial charge in [0.2, 0.25) is 0 Å². The van der Waals surface area contributed by atoms with Crippen molar-refractivity contribution in [2.24, 2.45) is 0 Å². The Bertz CT molecular complexity index is 534. The van der Waals surface area contributed by atoms with Crippen LogP contribution in [-0.4, -0.2) is 36.0 Å². The zero-order valence-electron chi connectivity index (χ0n) is 11.7. The maximum absolute atomic E-state index is 14.0. The van der Waals surface area contributed by atoms with Crippen molar-refractivity contribution in [3.63, 3.8) is 0 Å². The molecular weight excluding hydrogens is 288 g/mol. The Hall–Kier alpha value is -1.63. The van der Waals surface area contributed by atoms with E-state index in [0.717, 1.165) is 12.1 Å². The van der Waals surface area contributed by atoms with E-state index in [1.807, 2.05) is 13.8 Å². The summed E-state index contributed by atoms with van der Waals surface area (Å²) < 4.78 is 52.0. The third-order valence-corrected chi connectivity index (χ3v) is 3.38. The lowest BCUT2D eigenvalue weighted by Gasteiger charge is -2.36. The highest BCUT2D eigenvalue weighted by Gasteiger charge is 2.36. The highest BCUT2D eigenvalue weighted by molar-refractivity contribution is 5.94. The fourth-order valence-corrected chi connectivity index (χ4v) is 2.58. The predicted octanol–water partition coefficient (Wildman–Crippen LogP) is 2.67. The zero-order valence-corrected chi connectivity index (χ0v) is 11.7. The number of carbonyl (C=O) groups is 1. The van der Waals surface area contributed by atoms with Gasteiger partial charge in [0.1, 0.15) is 5.82 Å². The van der Waals surface area contributed by atoms with Gasteiger partial charge in [-0.1, -0.05) is 6.07 Å². The summed E-state index contributed by atoms with van der Waals surface area (Å²) in [5.74, 6) is -2.22. The van der Waals surface area contributed by atoms with Gasteiger partial charge in [0.05, 0.1) is 11.1 Å². The second kappa shape index (κ2) is 5.63. The van der Waals surface area contributed by atoms with Gasteiger partial charge in [-0.15, -0.1) is 0 Å². The summed E-state index contributed by atoms with van der Waals surface area (Å²) in [4.78, 5) is 13.7. The molecule has 2 atom stereocenters. The summed E-state index contributed by atoms with van der Waals surface area (Å²) in [6.45, 7) is 4.38. The van der Waals surface area contributed by atoms with Crippen molar-refractivity contribution in [1.29, 1.82) is 0 Å². The lowest BCUT2D eigenvalue weighted by Crippen LogP contribution is -2.56. The maximum atomic E-state index is 14.0. The van der Waals surface area contributed by atoms with Gasteiger partial charge in [-0.2, -0.15) is 13.2 Å². The van der Waals surface area contributed by atoms with Crippen LogP contribution in [0.25, 0.3) is 0 Å². The van der Waals surface area contributed by atoms with E-state index in [1.165, 1.54) is 4.90 Å². The van der Waals surface area contributed by atoms with Crippen LogP contribution in [0, 0.1) is 5.82 Å². The number of amides is 1. The average Bonchev–Trinajstić information content (AvgIpc) is 2.35. The first kappa shape index (κ1) is 15.8. The number of piperazine rings is 1. The Kier molecular flexibility index (Phi) is 4.22. The van der Waals surface area contributed by atoms with Crippen LogP contribution >= 0.6 is 0 Å². The number of halogens is 4. The molecule has 0 bridgehead atoms. The molecule has 0 saturated carbocycles. The van der Waals surface area contributed by atoms with Gasteiger partial charge >= 0.3 is 6.18 Å². The molecule has 116 valence electrons. The molecule has 3 nitrogen and oxygen atoms in total. The normalized spacial score (nSPS) is 23.2. The number of nitrogens with zero attached hydrogens (tertiary/aromatic N) is 1. The van der Waals surface area contributed by atoms with Crippen LogP contribution < -0.4 is 5.32 Å². The quantitative estimate of drug-likeness (QED) is 0.809. The number of hydrogen-bond acceptors (Lipinski definition) is 2. The van der Waals surface area contributed by atoms with Crippen LogP contribution in [0.1, 0.15) is 29.8 Å². The number of rotatable bonds is 1. The van der Waals surface area contributed by atoms with Crippen LogP contribution in [0.5, 0.6) is 0 Å². The molecule has 1 aromatic rings. The van der Waals surface area contributed by atoms with E-state index in [2.05, 4.69) is 5.32 Å². The van der Waals surface area contributed by atoms with E-state index in [9.17, 15) is 22.4 Å². The van der Waals surface area contributed by atoms with Gasteiger partial charge < -0.3 is 10.2 Å². The summed E-state index contributed by atoms with van der Waals surface area (Å²) in [5.41, 5.74) is -1.95. The minimum Gasteiger partial charge on any atom is -0.335 e. The van der Waals surface area contributed by atoms with Gasteiger partial charge in [0, 0.05) is 25.2 Å². The number of nitrogens with one attached hydrogen (secondary N) is 1. The summed E-state index contributed by atoms with van der Waals surface area (Å²) in [6.07, 6.45) is -4.82. The van der Waals surface area contributed by atoms with Crippen molar-refractivity contribution in [3.05, 3.63) is 35.1 Å². The molecule has 0 radical (unpaired) electrons. The standard InChI is InChI=1S/C14H16F4N2O/c1-8-6-20(7-9(2)19-8)13(21)10-4-3-5-11(12(10)15)14(16,17)18/h3-5,8-9,19H,6-7H2,1-2H3/t8-,9-/m1/s1. The van der Waals surface area contributed by atoms with Gasteiger partial charge in [0.25, 0.3) is 5.91 Å². The first-order chi connectivity index (χ1) is 9.70. The highest BCUT2D eigenvalue weighted by Crippen LogP contribution is 2.32. The molecule has 1 saturated heterocycles. The molecule has 0 unspecified atom stereocenters. The van der Waals surface area contributed by atoms with Crippen LogP contribution in [0.3, 0.4) is 0 Å². The minimum atomic E-state index is -4.82. The van der Waals surface area contributed by atoms with Gasteiger partial charge in [-0.25, -0.2) is 4.39 Å². The van der Waals surface area contributed by atoms with Crippen molar-refractivity contribution in [2.45, 2.75) is 32.1 Å². The molecule has 0 aromatic heterocycles. The summed E-state index contributed by atoms with van der Waals surface area (Å²) in [7, 11) is 0. The van der Waals surface area contributed by atoms with Crippen LogP contribution in [0.2, 0.25) is 0 Å². The molecule has 1 aromatic carbocycles. The van der Waals surface area contributed by atoms with Crippen molar-refractivity contribution >= 4 is 5.91 Å². The van der Waals surface area contributed by atoms with E-state index < -0.39 is 29.0 Å². The lowest BCUT2D eigenvalue weighted by atomic mass is 10.1. The number of carbonyl (C=O) groups excluding carboxylic acids is 1. The lowest BCUT2D eigenvalue weighted by molar-refractivity contribution is -0.140. The van der Waals surface area contributed by atoms with Crippen LogP contribution in [0.15, 0.2) is 18.2 Å². The smallest absolute Gasteiger partial charge is 0.335 e. The Morgan fingerprint density at radius 2 is 1.81 bits per heavy atom. The molecule has 1 N–H and O–H groups in total. The largest absolute Gasteiger partial charge is 0.419 e. The number of hydrogen-bond donors (Lipinski definition) is 1. The van der Waals surface area contributed by atoms with E-state index in [0.29, 0.717) is 19.2 Å². The van der Waals surface area contributed by atoms with Gasteiger partial charge in [-0.3, -0.25) is 4.79 Å². The molecule has 1 heterocycles. The van der Waals surface area contributed by atoms with Crippen LogP contribution in [0.4, 0.5) is 17.6 Å². The molecule has 1 fully saturated rings. The molecule has 1 aliphatic rings. The third kappa shape index (κ3) is 3.34. The molecule has 0 spiro atoms. The predicted molar refractivity (Wildman–Crippen MR) is 69.4 cm³/mol. The van der Waals surface area contributed by atoms with E-state index in [4.69, 9.17) is 0 Å². The van der Waals surface area contributed by atoms with Crippen molar-refractivity contribution in [2.75, 3.05) is 13.1 Å². The van der Waals surface area contributed by atoms with E-state index in [-0.39, 0.29) is 12.1 Å². The monoisotopic (exact) mass is 304 g/mol. The van der Waals surface area contributed by atoms with E-state index in [1.54, 1.807) is 0 Å². The van der Waals surface area contributed by atoms with Crippen molar-refractivity contribution < 1.29 is 22.4 Å². The topological polar surface area (TPSA) is 32.3 Å². The van der Waals surface area contributed by atoms with Gasteiger partial charge in [-0.05, 0) is 26.0 Å². The molecule has 2 rings (SSSR count). The molecule has 0 aliphatic carbocycles. The molecule has 7 heteroatoms. The summed E-state index contributed by atoms with van der Waals surface area (Å²) in [6, 6.07) is 2.78. The molecular formula is C14H16F4N2O. The third-order valence-electron chi connectivity index (χ3n) is 3.38. The first-order valence-corrected chi connectivity index (χ1v) is 6.61. The van der Waals surface area contributed by atoms with E-state index >= 15 is 0 Å². The second-order valence-corrected chi connectivity index (χ2v) is 5.34. The molecule has 21 heavy (non-hydrogen) atoms. The Labute approximate surface area is 119 Å². The molecule has 1 amide bonds. The minimum absolute atomic E-state index is 0.00607. The average molecular weight is 304 g/mol. The first-order valence-electron chi connectivity index (χ1n) is 6.61. The van der Waals surface area contributed by atoms with Crippen molar-refractivity contribution in [3.8, 4) is 0 Å². The SMILES string of the molecule is C[C@@H]1CN(C(=O)c2cccc(C(F)(F)F)c2F)C[C@@H](C)N1. The number of benzene rings is 1. The maximum Gasteiger partial charge on any atom is 0.419 e. The zero-order chi connectivity index (χ0) is 15.8.